The number of hydrogen-bond donors (Lipinski definition) is 1. The summed E-state index contributed by atoms with van der Waals surface area (Å²) in [6, 6.07) is 6.54. The van der Waals surface area contributed by atoms with Crippen molar-refractivity contribution in [1.29, 1.82) is 0 Å². The van der Waals surface area contributed by atoms with Gasteiger partial charge in [0.05, 0.1) is 19.2 Å². The molecular formula is C19H26FIN4OS. The number of hydrogen-bond acceptors (Lipinski definition) is 4. The van der Waals surface area contributed by atoms with Crippen LogP contribution in [0.3, 0.4) is 0 Å². The minimum absolute atomic E-state index is 0. The van der Waals surface area contributed by atoms with Gasteiger partial charge in [-0.1, -0.05) is 12.1 Å². The van der Waals surface area contributed by atoms with Gasteiger partial charge in [0.15, 0.2) is 5.96 Å². The van der Waals surface area contributed by atoms with Gasteiger partial charge in [-0.3, -0.25) is 0 Å². The van der Waals surface area contributed by atoms with Gasteiger partial charge in [0.2, 0.25) is 0 Å². The second kappa shape index (κ2) is 10.3. The van der Waals surface area contributed by atoms with E-state index < -0.39 is 0 Å². The minimum atomic E-state index is -0.233. The number of benzene rings is 1. The van der Waals surface area contributed by atoms with Gasteiger partial charge in [-0.2, -0.15) is 0 Å². The lowest BCUT2D eigenvalue weighted by Gasteiger charge is -2.38. The topological polar surface area (TPSA) is 49.8 Å². The van der Waals surface area contributed by atoms with Gasteiger partial charge in [0.25, 0.3) is 0 Å². The molecule has 0 amide bonds. The molecule has 2 heterocycles. The number of halogens is 2. The fraction of sp³-hybridized carbons (Fsp3) is 0.474. The fourth-order valence-electron chi connectivity index (χ4n) is 3.03. The smallest absolute Gasteiger partial charge is 0.194 e. The van der Waals surface area contributed by atoms with Gasteiger partial charge in [0.1, 0.15) is 16.9 Å². The van der Waals surface area contributed by atoms with Crippen LogP contribution in [0.5, 0.6) is 0 Å². The molecular weight excluding hydrogens is 478 g/mol. The minimum Gasteiger partial charge on any atom is -0.367 e. The van der Waals surface area contributed by atoms with Crippen LogP contribution in [0.4, 0.5) is 4.39 Å². The molecule has 5 nitrogen and oxygen atoms in total. The van der Waals surface area contributed by atoms with Crippen LogP contribution in [-0.2, 0) is 11.3 Å². The summed E-state index contributed by atoms with van der Waals surface area (Å²) in [4.78, 5) is 12.6. The number of guanidine groups is 1. The first-order valence-electron chi connectivity index (χ1n) is 8.90. The van der Waals surface area contributed by atoms with Crippen molar-refractivity contribution < 1.29 is 9.13 Å². The molecule has 0 aliphatic carbocycles. The maximum absolute atomic E-state index is 13.2. The highest BCUT2D eigenvalue weighted by Crippen LogP contribution is 2.25. The van der Waals surface area contributed by atoms with Crippen LogP contribution < -0.4 is 5.32 Å². The fourth-order valence-corrected chi connectivity index (χ4v) is 3.74. The molecule has 1 aliphatic rings. The number of morpholine rings is 1. The molecule has 27 heavy (non-hydrogen) atoms. The van der Waals surface area contributed by atoms with Gasteiger partial charge in [-0.15, -0.1) is 35.3 Å². The number of thiazole rings is 1. The molecule has 3 rings (SSSR count). The van der Waals surface area contributed by atoms with E-state index in [4.69, 9.17) is 9.73 Å². The second-order valence-electron chi connectivity index (χ2n) is 6.43. The maximum atomic E-state index is 13.2. The van der Waals surface area contributed by atoms with Crippen molar-refractivity contribution in [3.63, 3.8) is 0 Å². The summed E-state index contributed by atoms with van der Waals surface area (Å²) in [5, 5.41) is 4.38. The van der Waals surface area contributed by atoms with Crippen LogP contribution in [0.25, 0.3) is 0 Å². The standard InChI is InChI=1S/C19H25FN4OS.HI/c1-4-21-19(23-10-18-22-9-14(3)26-18)24-11-13(2)25-17(12-24)15-5-7-16(20)8-6-15;/h5-9,13,17H,4,10-12H2,1-3H3,(H,21,23);1H. The Kier molecular flexibility index (Phi) is 8.43. The lowest BCUT2D eigenvalue weighted by Crippen LogP contribution is -2.50. The molecule has 1 aromatic heterocycles. The van der Waals surface area contributed by atoms with Crippen LogP contribution in [0.2, 0.25) is 0 Å². The Morgan fingerprint density at radius 1 is 1.37 bits per heavy atom. The van der Waals surface area contributed by atoms with E-state index in [1.54, 1.807) is 23.5 Å². The van der Waals surface area contributed by atoms with E-state index in [1.165, 1.54) is 17.0 Å². The van der Waals surface area contributed by atoms with Gasteiger partial charge in [0, 0.05) is 24.2 Å². The normalized spacial score (nSPS) is 20.3. The molecule has 2 unspecified atom stereocenters. The zero-order chi connectivity index (χ0) is 18.5. The Morgan fingerprint density at radius 3 is 2.74 bits per heavy atom. The molecule has 1 N–H and O–H groups in total. The molecule has 0 bridgehead atoms. The first-order chi connectivity index (χ1) is 12.5. The van der Waals surface area contributed by atoms with Crippen molar-refractivity contribution in [3.05, 3.63) is 51.7 Å². The molecule has 8 heteroatoms. The molecule has 0 radical (unpaired) electrons. The van der Waals surface area contributed by atoms with Gasteiger partial charge in [-0.05, 0) is 38.5 Å². The van der Waals surface area contributed by atoms with Crippen LogP contribution in [0, 0.1) is 12.7 Å². The number of aromatic nitrogens is 1. The zero-order valence-electron chi connectivity index (χ0n) is 15.8. The van der Waals surface area contributed by atoms with Crippen molar-refractivity contribution in [1.82, 2.24) is 15.2 Å². The van der Waals surface area contributed by atoms with Crippen molar-refractivity contribution >= 4 is 41.3 Å². The predicted octanol–water partition coefficient (Wildman–Crippen LogP) is 4.14. The molecule has 2 aromatic rings. The summed E-state index contributed by atoms with van der Waals surface area (Å²) in [5.74, 6) is 0.630. The number of aliphatic imine (C=N–C) groups is 1. The monoisotopic (exact) mass is 504 g/mol. The highest BCUT2D eigenvalue weighted by atomic mass is 127. The SMILES string of the molecule is CCNC(=NCc1ncc(C)s1)N1CC(C)OC(c2ccc(F)cc2)C1.I. The van der Waals surface area contributed by atoms with Crippen molar-refractivity contribution in [2.45, 2.75) is 39.5 Å². The lowest BCUT2D eigenvalue weighted by molar-refractivity contribution is -0.0605. The highest BCUT2D eigenvalue weighted by molar-refractivity contribution is 14.0. The van der Waals surface area contributed by atoms with Gasteiger partial charge in [-0.25, -0.2) is 14.4 Å². The van der Waals surface area contributed by atoms with Crippen molar-refractivity contribution in [3.8, 4) is 0 Å². The number of ether oxygens (including phenoxy) is 1. The van der Waals surface area contributed by atoms with Crippen LogP contribution in [0.1, 0.15) is 35.4 Å². The molecule has 1 saturated heterocycles. The van der Waals surface area contributed by atoms with E-state index in [-0.39, 0.29) is 42.0 Å². The van der Waals surface area contributed by atoms with E-state index >= 15 is 0 Å². The first-order valence-corrected chi connectivity index (χ1v) is 9.72. The molecule has 1 aromatic carbocycles. The number of aryl methyl sites for hydroxylation is 1. The molecule has 2 atom stereocenters. The maximum Gasteiger partial charge on any atom is 0.194 e. The van der Waals surface area contributed by atoms with Crippen molar-refractivity contribution in [2.75, 3.05) is 19.6 Å². The third-order valence-corrected chi connectivity index (χ3v) is 5.07. The molecule has 0 saturated carbocycles. The number of nitrogens with one attached hydrogen (secondary N) is 1. The van der Waals surface area contributed by atoms with Crippen LogP contribution in [-0.4, -0.2) is 41.6 Å². The average molecular weight is 504 g/mol. The van der Waals surface area contributed by atoms with Crippen LogP contribution in [0.15, 0.2) is 35.5 Å². The lowest BCUT2D eigenvalue weighted by atomic mass is 10.1. The molecule has 0 spiro atoms. The quantitative estimate of drug-likeness (QED) is 0.387. The number of nitrogens with zero attached hydrogens (tertiary/aromatic N) is 3. The third kappa shape index (κ3) is 6.11. The largest absolute Gasteiger partial charge is 0.367 e. The molecule has 1 fully saturated rings. The van der Waals surface area contributed by atoms with E-state index in [0.717, 1.165) is 29.6 Å². The Labute approximate surface area is 181 Å². The van der Waals surface area contributed by atoms with E-state index in [1.807, 2.05) is 13.1 Å². The Bertz CT molecular complexity index is 752. The van der Waals surface area contributed by atoms with Crippen molar-refractivity contribution in [2.24, 2.45) is 4.99 Å². The highest BCUT2D eigenvalue weighted by Gasteiger charge is 2.28. The molecule has 1 aliphatic heterocycles. The summed E-state index contributed by atoms with van der Waals surface area (Å²) in [6.45, 7) is 8.96. The van der Waals surface area contributed by atoms with E-state index in [2.05, 4.69) is 29.0 Å². The molecule has 148 valence electrons. The second-order valence-corrected chi connectivity index (χ2v) is 7.75. The Balaban J connectivity index is 0.00000261. The summed E-state index contributed by atoms with van der Waals surface area (Å²) in [7, 11) is 0. The Morgan fingerprint density at radius 2 is 2.11 bits per heavy atom. The summed E-state index contributed by atoms with van der Waals surface area (Å²) >= 11 is 1.67. The first kappa shape index (κ1) is 22.0. The summed E-state index contributed by atoms with van der Waals surface area (Å²) < 4.78 is 19.3. The third-order valence-electron chi connectivity index (χ3n) is 4.17. The van der Waals surface area contributed by atoms with E-state index in [9.17, 15) is 4.39 Å². The summed E-state index contributed by atoms with van der Waals surface area (Å²) in [5.41, 5.74) is 0.981. The summed E-state index contributed by atoms with van der Waals surface area (Å²) in [6.07, 6.45) is 1.83. The average Bonchev–Trinajstić information content (AvgIpc) is 3.04. The number of rotatable bonds is 4. The van der Waals surface area contributed by atoms with Gasteiger partial charge < -0.3 is 15.0 Å². The zero-order valence-corrected chi connectivity index (χ0v) is 19.0. The van der Waals surface area contributed by atoms with Crippen LogP contribution >= 0.6 is 35.3 Å². The van der Waals surface area contributed by atoms with E-state index in [0.29, 0.717) is 13.1 Å². The Hall–Kier alpha value is -1.26. The van der Waals surface area contributed by atoms with Gasteiger partial charge >= 0.3 is 0 Å². The predicted molar refractivity (Wildman–Crippen MR) is 118 cm³/mol.